The third kappa shape index (κ3) is 5.22. The summed E-state index contributed by atoms with van der Waals surface area (Å²) in [5.74, 6) is -0.877. The molecule has 0 aromatic heterocycles. The molecule has 0 aliphatic rings. The lowest BCUT2D eigenvalue weighted by Crippen LogP contribution is -2.38. The quantitative estimate of drug-likeness (QED) is 0.832. The van der Waals surface area contributed by atoms with Crippen LogP contribution in [-0.2, 0) is 21.0 Å². The second kappa shape index (κ2) is 7.59. The van der Waals surface area contributed by atoms with Crippen LogP contribution >= 0.6 is 0 Å². The number of anilines is 2. The normalized spacial score (nSPS) is 11.9. The van der Waals surface area contributed by atoms with Gasteiger partial charge in [-0.15, -0.1) is 0 Å². The summed E-state index contributed by atoms with van der Waals surface area (Å²) in [6, 6.07) is 9.62. The van der Waals surface area contributed by atoms with E-state index in [1.165, 1.54) is 12.1 Å². The van der Waals surface area contributed by atoms with Crippen molar-refractivity contribution in [3.63, 3.8) is 0 Å². The molecule has 2 aromatic carbocycles. The lowest BCUT2D eigenvalue weighted by molar-refractivity contribution is -0.137. The number of carbonyl (C=O) groups is 1. The number of aryl methyl sites for hydroxylation is 2. The minimum atomic E-state index is -4.65. The first kappa shape index (κ1) is 20.8. The van der Waals surface area contributed by atoms with Crippen LogP contribution in [0.1, 0.15) is 16.7 Å². The van der Waals surface area contributed by atoms with E-state index in [0.717, 1.165) is 28.3 Å². The molecule has 9 heteroatoms. The summed E-state index contributed by atoms with van der Waals surface area (Å²) in [4.78, 5) is 12.3. The molecule has 0 spiro atoms. The van der Waals surface area contributed by atoms with Crippen molar-refractivity contribution in [1.29, 1.82) is 0 Å². The number of hydrogen-bond donors (Lipinski definition) is 1. The molecule has 27 heavy (non-hydrogen) atoms. The van der Waals surface area contributed by atoms with Crippen LogP contribution in [0.15, 0.2) is 42.5 Å². The Morgan fingerprint density at radius 1 is 1.11 bits per heavy atom. The summed E-state index contributed by atoms with van der Waals surface area (Å²) in [6.45, 7) is 2.81. The predicted molar refractivity (Wildman–Crippen MR) is 98.2 cm³/mol. The Balaban J connectivity index is 2.33. The molecular weight excluding hydrogens is 381 g/mol. The smallest absolute Gasteiger partial charge is 0.324 e. The summed E-state index contributed by atoms with van der Waals surface area (Å²) >= 11 is 0. The van der Waals surface area contributed by atoms with Crippen LogP contribution in [0.2, 0.25) is 0 Å². The highest BCUT2D eigenvalue weighted by Crippen LogP contribution is 2.34. The first-order valence-electron chi connectivity index (χ1n) is 7.90. The van der Waals surface area contributed by atoms with E-state index in [1.807, 2.05) is 0 Å². The molecule has 0 heterocycles. The maximum atomic E-state index is 13.1. The van der Waals surface area contributed by atoms with E-state index >= 15 is 0 Å². The molecule has 0 radical (unpaired) electrons. The first-order valence-corrected chi connectivity index (χ1v) is 9.75. The van der Waals surface area contributed by atoms with Crippen molar-refractivity contribution in [3.8, 4) is 0 Å². The Labute approximate surface area is 155 Å². The number of para-hydroxylation sites is 1. The van der Waals surface area contributed by atoms with E-state index in [2.05, 4.69) is 5.32 Å². The van der Waals surface area contributed by atoms with Gasteiger partial charge in [-0.3, -0.25) is 9.10 Å². The van der Waals surface area contributed by atoms with Gasteiger partial charge in [-0.25, -0.2) is 8.42 Å². The number of benzene rings is 2. The van der Waals surface area contributed by atoms with E-state index in [9.17, 15) is 26.4 Å². The SMILES string of the molecule is Cc1ccc(C)c(N(CC(=O)Nc2ccccc2C(F)(F)F)S(C)(=O)=O)c1. The van der Waals surface area contributed by atoms with Gasteiger partial charge < -0.3 is 5.32 Å². The molecule has 146 valence electrons. The molecule has 0 unspecified atom stereocenters. The van der Waals surface area contributed by atoms with E-state index in [4.69, 9.17) is 0 Å². The molecule has 0 saturated carbocycles. The third-order valence-electron chi connectivity index (χ3n) is 3.83. The third-order valence-corrected chi connectivity index (χ3v) is 4.95. The molecule has 1 N–H and O–H groups in total. The van der Waals surface area contributed by atoms with Gasteiger partial charge in [0.15, 0.2) is 0 Å². The minimum absolute atomic E-state index is 0.303. The largest absolute Gasteiger partial charge is 0.418 e. The van der Waals surface area contributed by atoms with Crippen molar-refractivity contribution in [3.05, 3.63) is 59.2 Å². The lowest BCUT2D eigenvalue weighted by Gasteiger charge is -2.24. The van der Waals surface area contributed by atoms with Gasteiger partial charge in [-0.2, -0.15) is 13.2 Å². The van der Waals surface area contributed by atoms with Crippen LogP contribution in [0.25, 0.3) is 0 Å². The van der Waals surface area contributed by atoms with E-state index in [0.29, 0.717) is 11.3 Å². The number of sulfonamides is 1. The molecule has 0 bridgehead atoms. The summed E-state index contributed by atoms with van der Waals surface area (Å²) in [5.41, 5.74) is 0.277. The summed E-state index contributed by atoms with van der Waals surface area (Å²) < 4.78 is 64.4. The number of carbonyl (C=O) groups excluding carboxylic acids is 1. The molecule has 0 aliphatic carbocycles. The van der Waals surface area contributed by atoms with Crippen molar-refractivity contribution in [2.75, 3.05) is 22.4 Å². The number of nitrogens with one attached hydrogen (secondary N) is 1. The topological polar surface area (TPSA) is 66.5 Å². The summed E-state index contributed by atoms with van der Waals surface area (Å²) in [7, 11) is -3.83. The van der Waals surface area contributed by atoms with Gasteiger partial charge in [-0.1, -0.05) is 24.3 Å². The van der Waals surface area contributed by atoms with Crippen molar-refractivity contribution in [2.45, 2.75) is 20.0 Å². The van der Waals surface area contributed by atoms with Crippen LogP contribution in [0.3, 0.4) is 0 Å². The van der Waals surface area contributed by atoms with E-state index in [1.54, 1.807) is 32.0 Å². The number of alkyl halides is 3. The maximum absolute atomic E-state index is 13.1. The predicted octanol–water partition coefficient (Wildman–Crippen LogP) is 3.73. The maximum Gasteiger partial charge on any atom is 0.418 e. The highest BCUT2D eigenvalue weighted by Gasteiger charge is 2.34. The fourth-order valence-corrected chi connectivity index (χ4v) is 3.43. The fraction of sp³-hybridized carbons (Fsp3) is 0.278. The molecule has 0 fully saturated rings. The van der Waals surface area contributed by atoms with Gasteiger partial charge in [0.25, 0.3) is 0 Å². The molecule has 0 atom stereocenters. The second-order valence-electron chi connectivity index (χ2n) is 6.15. The van der Waals surface area contributed by atoms with Crippen LogP contribution in [-0.4, -0.2) is 27.1 Å². The second-order valence-corrected chi connectivity index (χ2v) is 8.06. The van der Waals surface area contributed by atoms with E-state index < -0.39 is 39.9 Å². The van der Waals surface area contributed by atoms with Gasteiger partial charge in [0.1, 0.15) is 6.54 Å². The summed E-state index contributed by atoms with van der Waals surface area (Å²) in [5, 5.41) is 2.16. The van der Waals surface area contributed by atoms with Crippen molar-refractivity contribution in [2.24, 2.45) is 0 Å². The Bertz CT molecular complexity index is 957. The minimum Gasteiger partial charge on any atom is -0.324 e. The summed E-state index contributed by atoms with van der Waals surface area (Å²) in [6.07, 6.45) is -3.71. The highest BCUT2D eigenvalue weighted by molar-refractivity contribution is 7.92. The Kier molecular flexibility index (Phi) is 5.84. The van der Waals surface area contributed by atoms with Crippen molar-refractivity contribution >= 4 is 27.3 Å². The van der Waals surface area contributed by atoms with Crippen molar-refractivity contribution in [1.82, 2.24) is 0 Å². The fourth-order valence-electron chi connectivity index (χ4n) is 2.53. The Morgan fingerprint density at radius 3 is 2.33 bits per heavy atom. The number of hydrogen-bond acceptors (Lipinski definition) is 3. The Morgan fingerprint density at radius 2 is 1.74 bits per heavy atom. The zero-order valence-corrected chi connectivity index (χ0v) is 15.8. The molecule has 2 rings (SSSR count). The number of rotatable bonds is 5. The highest BCUT2D eigenvalue weighted by atomic mass is 32.2. The first-order chi connectivity index (χ1) is 12.4. The van der Waals surface area contributed by atoms with Crippen molar-refractivity contribution < 1.29 is 26.4 Å². The van der Waals surface area contributed by atoms with Crippen LogP contribution in [0.5, 0.6) is 0 Å². The number of halogens is 3. The average molecular weight is 400 g/mol. The monoisotopic (exact) mass is 400 g/mol. The molecule has 5 nitrogen and oxygen atoms in total. The molecule has 0 aliphatic heterocycles. The molecule has 1 amide bonds. The van der Waals surface area contributed by atoms with Crippen LogP contribution in [0.4, 0.5) is 24.5 Å². The standard InChI is InChI=1S/C18H19F3N2O3S/c1-12-8-9-13(2)16(10-12)23(27(3,25)26)11-17(24)22-15-7-5-4-6-14(15)18(19,20)21/h4-10H,11H2,1-3H3,(H,22,24). The number of amides is 1. The van der Waals surface area contributed by atoms with Gasteiger partial charge in [0, 0.05) is 0 Å². The molecular formula is C18H19F3N2O3S. The zero-order chi connectivity index (χ0) is 20.4. The van der Waals surface area contributed by atoms with Gasteiger partial charge in [0.2, 0.25) is 15.9 Å². The zero-order valence-electron chi connectivity index (χ0n) is 15.0. The molecule has 0 saturated heterocycles. The van der Waals surface area contributed by atoms with Crippen LogP contribution < -0.4 is 9.62 Å². The Hall–Kier alpha value is -2.55. The van der Waals surface area contributed by atoms with Gasteiger partial charge in [-0.05, 0) is 43.2 Å². The number of nitrogens with zero attached hydrogens (tertiary/aromatic N) is 1. The molecule has 2 aromatic rings. The van der Waals surface area contributed by atoms with Gasteiger partial charge >= 0.3 is 6.18 Å². The van der Waals surface area contributed by atoms with Gasteiger partial charge in [0.05, 0.1) is 23.2 Å². The lowest BCUT2D eigenvalue weighted by atomic mass is 10.1. The average Bonchev–Trinajstić information content (AvgIpc) is 2.53. The van der Waals surface area contributed by atoms with Crippen LogP contribution in [0, 0.1) is 13.8 Å². The van der Waals surface area contributed by atoms with E-state index in [-0.39, 0.29) is 0 Å².